The quantitative estimate of drug-likeness (QED) is 0.732. The number of hydrogen-bond donors (Lipinski definition) is 2. The molecule has 0 atom stereocenters. The molecule has 3 heteroatoms. The molecule has 13 heavy (non-hydrogen) atoms. The van der Waals surface area contributed by atoms with Gasteiger partial charge in [0, 0.05) is 28.5 Å². The Bertz CT molecular complexity index is 420. The normalized spacial score (nSPS) is 10.9. The highest BCUT2D eigenvalue weighted by Crippen LogP contribution is 2.22. The summed E-state index contributed by atoms with van der Waals surface area (Å²) in [7, 11) is 0. The van der Waals surface area contributed by atoms with E-state index in [2.05, 4.69) is 10.7 Å². The highest BCUT2D eigenvalue weighted by molar-refractivity contribution is 6.31. The smallest absolute Gasteiger partial charge is 0.0781 e. The number of hydrogen-bond acceptors (Lipinski definition) is 0. The van der Waals surface area contributed by atoms with E-state index in [9.17, 15) is 0 Å². The third kappa shape index (κ3) is 1.55. The van der Waals surface area contributed by atoms with Gasteiger partial charge >= 0.3 is 0 Å². The molecule has 0 aliphatic heterocycles. The fraction of sp³-hybridized carbons (Fsp3) is 0.200. The van der Waals surface area contributed by atoms with Crippen LogP contribution in [0.5, 0.6) is 0 Å². The molecule has 2 rings (SSSR count). The van der Waals surface area contributed by atoms with Gasteiger partial charge in [-0.2, -0.15) is 0 Å². The Kier molecular flexibility index (Phi) is 2.25. The van der Waals surface area contributed by atoms with Crippen molar-refractivity contribution >= 4 is 22.5 Å². The number of nitrogens with one attached hydrogen (secondary N) is 1. The zero-order valence-corrected chi connectivity index (χ0v) is 8.06. The lowest BCUT2D eigenvalue weighted by molar-refractivity contribution is -0.366. The molecule has 4 N–H and O–H groups in total. The average Bonchev–Trinajstić information content (AvgIpc) is 2.49. The van der Waals surface area contributed by atoms with E-state index in [-0.39, 0.29) is 0 Å². The van der Waals surface area contributed by atoms with Crippen molar-refractivity contribution in [2.24, 2.45) is 0 Å². The lowest BCUT2D eigenvalue weighted by Crippen LogP contribution is -2.51. The van der Waals surface area contributed by atoms with Gasteiger partial charge in [0.15, 0.2) is 0 Å². The van der Waals surface area contributed by atoms with Gasteiger partial charge in [-0.25, -0.2) is 0 Å². The number of H-pyrrole nitrogens is 1. The predicted molar refractivity (Wildman–Crippen MR) is 54.8 cm³/mol. The summed E-state index contributed by atoms with van der Waals surface area (Å²) in [6, 6.07) is 5.90. The first kappa shape index (κ1) is 8.60. The number of rotatable bonds is 2. The molecule has 2 nitrogen and oxygen atoms in total. The third-order valence-electron chi connectivity index (χ3n) is 2.18. The lowest BCUT2D eigenvalue weighted by Gasteiger charge is -1.95. The van der Waals surface area contributed by atoms with E-state index in [0.717, 1.165) is 23.5 Å². The van der Waals surface area contributed by atoms with Crippen molar-refractivity contribution in [1.82, 2.24) is 4.98 Å². The first-order valence-corrected chi connectivity index (χ1v) is 4.74. The number of quaternary nitrogens is 1. The number of fused-ring (bicyclic) bond motifs is 1. The summed E-state index contributed by atoms with van der Waals surface area (Å²) in [5, 5.41) is 2.01. The SMILES string of the molecule is [NH3+]CCc1c[nH]c2ccc(Cl)cc12. The number of benzene rings is 1. The number of aromatic nitrogens is 1. The molecule has 0 aliphatic carbocycles. The average molecular weight is 196 g/mol. The van der Waals surface area contributed by atoms with Crippen molar-refractivity contribution in [3.63, 3.8) is 0 Å². The molecule has 0 radical (unpaired) electrons. The molecule has 0 bridgehead atoms. The van der Waals surface area contributed by atoms with Crippen molar-refractivity contribution in [2.75, 3.05) is 6.54 Å². The number of aromatic amines is 1. The van der Waals surface area contributed by atoms with E-state index in [0.29, 0.717) is 0 Å². The Balaban J connectivity index is 2.58. The zero-order valence-electron chi connectivity index (χ0n) is 7.31. The van der Waals surface area contributed by atoms with Gasteiger partial charge < -0.3 is 10.7 Å². The van der Waals surface area contributed by atoms with Crippen molar-refractivity contribution in [2.45, 2.75) is 6.42 Å². The Morgan fingerprint density at radius 3 is 3.00 bits per heavy atom. The van der Waals surface area contributed by atoms with Crippen LogP contribution in [0.1, 0.15) is 5.56 Å². The molecule has 1 heterocycles. The molecule has 0 fully saturated rings. The van der Waals surface area contributed by atoms with Crippen LogP contribution in [-0.2, 0) is 6.42 Å². The second kappa shape index (κ2) is 3.40. The van der Waals surface area contributed by atoms with Gasteiger partial charge in [-0.15, -0.1) is 0 Å². The monoisotopic (exact) mass is 195 g/mol. The van der Waals surface area contributed by atoms with Crippen LogP contribution in [0.25, 0.3) is 10.9 Å². The molecule has 0 saturated heterocycles. The molecule has 0 aliphatic rings. The highest BCUT2D eigenvalue weighted by atomic mass is 35.5. The molecule has 0 amide bonds. The zero-order chi connectivity index (χ0) is 9.26. The van der Waals surface area contributed by atoms with Gasteiger partial charge in [-0.05, 0) is 23.8 Å². The van der Waals surface area contributed by atoms with Crippen molar-refractivity contribution in [3.8, 4) is 0 Å². The van der Waals surface area contributed by atoms with Crippen LogP contribution in [0.3, 0.4) is 0 Å². The standard InChI is InChI=1S/C10H11ClN2/c11-8-1-2-10-9(5-8)7(3-4-12)6-13-10/h1-2,5-6,13H,3-4,12H2/p+1. The van der Waals surface area contributed by atoms with Gasteiger partial charge in [-0.3, -0.25) is 0 Å². The minimum absolute atomic E-state index is 0.789. The summed E-state index contributed by atoms with van der Waals surface area (Å²) >= 11 is 5.92. The summed E-state index contributed by atoms with van der Waals surface area (Å²) < 4.78 is 0. The minimum Gasteiger partial charge on any atom is -0.361 e. The van der Waals surface area contributed by atoms with Crippen LogP contribution in [0.15, 0.2) is 24.4 Å². The van der Waals surface area contributed by atoms with E-state index < -0.39 is 0 Å². The lowest BCUT2D eigenvalue weighted by atomic mass is 10.1. The second-order valence-electron chi connectivity index (χ2n) is 3.11. The van der Waals surface area contributed by atoms with Gasteiger partial charge in [0.1, 0.15) is 0 Å². The van der Waals surface area contributed by atoms with Crippen molar-refractivity contribution in [1.29, 1.82) is 0 Å². The van der Waals surface area contributed by atoms with Crippen LogP contribution in [0.4, 0.5) is 0 Å². The molecule has 68 valence electrons. The molecule has 2 aromatic rings. The maximum absolute atomic E-state index is 5.92. The first-order chi connectivity index (χ1) is 6.31. The largest absolute Gasteiger partial charge is 0.361 e. The molecular weight excluding hydrogens is 184 g/mol. The van der Waals surface area contributed by atoms with Crippen molar-refractivity contribution in [3.05, 3.63) is 35.0 Å². The summed E-state index contributed by atoms with van der Waals surface area (Å²) in [6.07, 6.45) is 3.03. The van der Waals surface area contributed by atoms with Crippen LogP contribution in [-0.4, -0.2) is 11.5 Å². The molecule has 0 spiro atoms. The second-order valence-corrected chi connectivity index (χ2v) is 3.54. The Hall–Kier alpha value is -0.990. The van der Waals surface area contributed by atoms with E-state index in [4.69, 9.17) is 11.6 Å². The summed E-state index contributed by atoms with van der Waals surface area (Å²) in [4.78, 5) is 3.21. The minimum atomic E-state index is 0.789. The van der Waals surface area contributed by atoms with E-state index >= 15 is 0 Å². The van der Waals surface area contributed by atoms with Gasteiger partial charge in [-0.1, -0.05) is 11.6 Å². The maximum atomic E-state index is 5.92. The van der Waals surface area contributed by atoms with Gasteiger partial charge in [0.05, 0.1) is 6.54 Å². The van der Waals surface area contributed by atoms with Crippen LogP contribution >= 0.6 is 11.6 Å². The van der Waals surface area contributed by atoms with E-state index in [1.165, 1.54) is 10.9 Å². The Morgan fingerprint density at radius 2 is 2.23 bits per heavy atom. The van der Waals surface area contributed by atoms with Crippen LogP contribution < -0.4 is 5.73 Å². The molecule has 1 aromatic heterocycles. The van der Waals surface area contributed by atoms with Gasteiger partial charge in [0.25, 0.3) is 0 Å². The van der Waals surface area contributed by atoms with Gasteiger partial charge in [0.2, 0.25) is 0 Å². The molecular formula is C10H12ClN2+. The summed E-state index contributed by atoms with van der Waals surface area (Å²) in [5.41, 5.74) is 6.29. The van der Waals surface area contributed by atoms with Crippen LogP contribution in [0, 0.1) is 0 Å². The van der Waals surface area contributed by atoms with Crippen molar-refractivity contribution < 1.29 is 5.73 Å². The van der Waals surface area contributed by atoms with E-state index in [1.54, 1.807) is 0 Å². The molecule has 1 aromatic carbocycles. The predicted octanol–water partition coefficient (Wildman–Crippen LogP) is 1.61. The fourth-order valence-corrected chi connectivity index (χ4v) is 1.72. The topological polar surface area (TPSA) is 43.4 Å². The van der Waals surface area contributed by atoms with E-state index in [1.807, 2.05) is 24.4 Å². The highest BCUT2D eigenvalue weighted by Gasteiger charge is 2.03. The molecule has 0 saturated carbocycles. The fourth-order valence-electron chi connectivity index (χ4n) is 1.55. The number of halogens is 1. The first-order valence-electron chi connectivity index (χ1n) is 4.36. The Morgan fingerprint density at radius 1 is 1.38 bits per heavy atom. The van der Waals surface area contributed by atoms with Crippen LogP contribution in [0.2, 0.25) is 5.02 Å². The summed E-state index contributed by atoms with van der Waals surface area (Å²) in [5.74, 6) is 0. The Labute approximate surface area is 81.7 Å². The summed E-state index contributed by atoms with van der Waals surface area (Å²) in [6.45, 7) is 0.916. The third-order valence-corrected chi connectivity index (χ3v) is 2.41. The molecule has 0 unspecified atom stereocenters. The maximum Gasteiger partial charge on any atom is 0.0781 e.